The van der Waals surface area contributed by atoms with Gasteiger partial charge in [-0.3, -0.25) is 0 Å². The Hall–Kier alpha value is -1.99. The number of fused-ring (bicyclic) bond motifs is 1. The summed E-state index contributed by atoms with van der Waals surface area (Å²) in [5, 5.41) is 0.937. The maximum absolute atomic E-state index is 13.5. The fourth-order valence-corrected chi connectivity index (χ4v) is 5.63. The number of hydrogen-bond acceptors (Lipinski definition) is 3. The van der Waals surface area contributed by atoms with Crippen LogP contribution in [0.2, 0.25) is 10.0 Å². The van der Waals surface area contributed by atoms with E-state index in [2.05, 4.69) is 4.57 Å². The van der Waals surface area contributed by atoms with E-state index in [-0.39, 0.29) is 4.90 Å². The molecule has 1 aliphatic heterocycles. The van der Waals surface area contributed by atoms with Crippen molar-refractivity contribution in [3.8, 4) is 5.75 Å². The Morgan fingerprint density at radius 3 is 2.46 bits per heavy atom. The van der Waals surface area contributed by atoms with Crippen molar-refractivity contribution in [2.24, 2.45) is 0 Å². The van der Waals surface area contributed by atoms with Gasteiger partial charge in [0.15, 0.2) is 0 Å². The van der Waals surface area contributed by atoms with E-state index in [1.807, 2.05) is 18.3 Å². The molecule has 0 N–H and O–H groups in total. The van der Waals surface area contributed by atoms with Gasteiger partial charge in [0.1, 0.15) is 5.75 Å². The molecule has 0 amide bonds. The maximum atomic E-state index is 13.5. The third-order valence-corrected chi connectivity index (χ3v) is 7.36. The molecule has 2 heterocycles. The number of ether oxygens (including phenoxy) is 1. The summed E-state index contributed by atoms with van der Waals surface area (Å²) in [7, 11) is -2.22. The molecule has 0 saturated heterocycles. The average molecular weight is 437 g/mol. The van der Waals surface area contributed by atoms with Crippen LogP contribution in [0.25, 0.3) is 0 Å². The van der Waals surface area contributed by atoms with E-state index in [1.165, 1.54) is 4.31 Å². The van der Waals surface area contributed by atoms with Crippen molar-refractivity contribution in [2.75, 3.05) is 13.7 Å². The Morgan fingerprint density at radius 2 is 1.79 bits per heavy atom. The van der Waals surface area contributed by atoms with Gasteiger partial charge in [0, 0.05) is 35.0 Å². The molecule has 5 nitrogen and oxygen atoms in total. The van der Waals surface area contributed by atoms with Crippen molar-refractivity contribution >= 4 is 33.2 Å². The Balaban J connectivity index is 1.84. The molecule has 0 radical (unpaired) electrons. The second kappa shape index (κ2) is 7.44. The first-order valence-corrected chi connectivity index (χ1v) is 10.9. The topological polar surface area (TPSA) is 51.5 Å². The summed E-state index contributed by atoms with van der Waals surface area (Å²) in [5.74, 6) is 0.601. The van der Waals surface area contributed by atoms with Gasteiger partial charge in [-0.1, -0.05) is 29.3 Å². The molecule has 1 atom stereocenters. The van der Waals surface area contributed by atoms with Gasteiger partial charge in [-0.15, -0.1) is 0 Å². The third kappa shape index (κ3) is 3.31. The number of methoxy groups -OCH3 is 1. The van der Waals surface area contributed by atoms with Crippen LogP contribution in [-0.2, 0) is 16.6 Å². The molecule has 1 aliphatic rings. The lowest BCUT2D eigenvalue weighted by Gasteiger charge is -2.36. The van der Waals surface area contributed by atoms with E-state index in [9.17, 15) is 8.42 Å². The molecule has 3 aromatic rings. The molecular formula is C20H18Cl2N2O3S. The lowest BCUT2D eigenvalue weighted by molar-refractivity contribution is 0.298. The van der Waals surface area contributed by atoms with Crippen molar-refractivity contribution in [3.63, 3.8) is 0 Å². The summed E-state index contributed by atoms with van der Waals surface area (Å²) < 4.78 is 35.7. The van der Waals surface area contributed by atoms with Gasteiger partial charge in [0.25, 0.3) is 0 Å². The van der Waals surface area contributed by atoms with Crippen molar-refractivity contribution in [1.29, 1.82) is 0 Å². The second-order valence-electron chi connectivity index (χ2n) is 6.49. The van der Waals surface area contributed by atoms with Crippen LogP contribution in [0.15, 0.2) is 65.7 Å². The fourth-order valence-electron chi connectivity index (χ4n) is 3.54. The SMILES string of the molecule is COc1ccc(S(=O)(=O)N2CCn3cccc3[C@@H]2c2ccc(Cl)cc2Cl)cc1. The molecule has 4 rings (SSSR count). The molecule has 0 fully saturated rings. The zero-order valence-corrected chi connectivity index (χ0v) is 17.4. The van der Waals surface area contributed by atoms with Gasteiger partial charge >= 0.3 is 0 Å². The second-order valence-corrected chi connectivity index (χ2v) is 9.22. The van der Waals surface area contributed by atoms with Crippen LogP contribution in [0, 0.1) is 0 Å². The number of aromatic nitrogens is 1. The Kier molecular flexibility index (Phi) is 5.14. The molecule has 0 saturated carbocycles. The quantitative estimate of drug-likeness (QED) is 0.600. The number of sulfonamides is 1. The van der Waals surface area contributed by atoms with Gasteiger partial charge in [0.05, 0.1) is 18.0 Å². The van der Waals surface area contributed by atoms with Crippen molar-refractivity contribution in [1.82, 2.24) is 8.87 Å². The summed E-state index contributed by atoms with van der Waals surface area (Å²) >= 11 is 12.5. The standard InChI is InChI=1S/C20H18Cl2N2O3S/c1-27-15-5-7-16(8-6-15)28(25,26)24-12-11-23-10-2-3-19(23)20(24)17-9-4-14(21)13-18(17)22/h2-10,13,20H,11-12H2,1H3/t20-/m0/s1. The first kappa shape index (κ1) is 19.3. The van der Waals surface area contributed by atoms with Crippen LogP contribution in [0.3, 0.4) is 0 Å². The van der Waals surface area contributed by atoms with Crippen LogP contribution in [0.4, 0.5) is 0 Å². The van der Waals surface area contributed by atoms with E-state index in [4.69, 9.17) is 27.9 Å². The number of benzene rings is 2. The smallest absolute Gasteiger partial charge is 0.244 e. The van der Waals surface area contributed by atoms with Crippen LogP contribution < -0.4 is 4.74 Å². The zero-order valence-electron chi connectivity index (χ0n) is 15.0. The Morgan fingerprint density at radius 1 is 1.04 bits per heavy atom. The van der Waals surface area contributed by atoms with Crippen LogP contribution in [0.1, 0.15) is 17.3 Å². The number of rotatable bonds is 4. The Labute approximate surface area is 174 Å². The van der Waals surface area contributed by atoms with Gasteiger partial charge in [-0.2, -0.15) is 4.31 Å². The molecule has 1 aromatic heterocycles. The molecule has 0 bridgehead atoms. The minimum Gasteiger partial charge on any atom is -0.497 e. The summed E-state index contributed by atoms with van der Waals surface area (Å²) in [5.41, 5.74) is 1.57. The summed E-state index contributed by atoms with van der Waals surface area (Å²) in [4.78, 5) is 0.211. The number of hydrogen-bond donors (Lipinski definition) is 0. The lowest BCUT2D eigenvalue weighted by Crippen LogP contribution is -2.42. The number of nitrogens with zero attached hydrogens (tertiary/aromatic N) is 2. The van der Waals surface area contributed by atoms with Gasteiger partial charge in [-0.25, -0.2) is 8.42 Å². The van der Waals surface area contributed by atoms with Crippen molar-refractivity contribution in [3.05, 3.63) is 82.1 Å². The van der Waals surface area contributed by atoms with Gasteiger partial charge < -0.3 is 9.30 Å². The molecule has 28 heavy (non-hydrogen) atoms. The summed E-state index contributed by atoms with van der Waals surface area (Å²) in [6.45, 7) is 0.902. The lowest BCUT2D eigenvalue weighted by atomic mass is 10.0. The van der Waals surface area contributed by atoms with Gasteiger partial charge in [0.2, 0.25) is 10.0 Å². The molecule has 0 aliphatic carbocycles. The van der Waals surface area contributed by atoms with E-state index >= 15 is 0 Å². The summed E-state index contributed by atoms with van der Waals surface area (Å²) in [6.07, 6.45) is 1.95. The van der Waals surface area contributed by atoms with Crippen LogP contribution in [0.5, 0.6) is 5.75 Å². The minimum absolute atomic E-state index is 0.211. The molecule has 146 valence electrons. The molecule has 0 spiro atoms. The maximum Gasteiger partial charge on any atom is 0.244 e. The highest BCUT2D eigenvalue weighted by molar-refractivity contribution is 7.89. The van der Waals surface area contributed by atoms with Crippen LogP contribution in [-0.4, -0.2) is 30.9 Å². The highest BCUT2D eigenvalue weighted by Gasteiger charge is 2.38. The minimum atomic E-state index is -3.76. The first-order valence-electron chi connectivity index (χ1n) is 8.67. The van der Waals surface area contributed by atoms with E-state index in [1.54, 1.807) is 49.6 Å². The Bertz CT molecular complexity index is 1110. The van der Waals surface area contributed by atoms with Gasteiger partial charge in [-0.05, 0) is 54.1 Å². The summed E-state index contributed by atoms with van der Waals surface area (Å²) in [6, 6.07) is 14.8. The van der Waals surface area contributed by atoms with E-state index < -0.39 is 16.1 Å². The zero-order chi connectivity index (χ0) is 19.9. The van der Waals surface area contributed by atoms with Crippen LogP contribution >= 0.6 is 23.2 Å². The average Bonchev–Trinajstić information content (AvgIpc) is 3.16. The molecule has 2 aromatic carbocycles. The molecule has 0 unspecified atom stereocenters. The largest absolute Gasteiger partial charge is 0.497 e. The number of halogens is 2. The predicted octanol–water partition coefficient (Wildman–Crippen LogP) is 4.60. The molecular weight excluding hydrogens is 419 g/mol. The predicted molar refractivity (Wildman–Crippen MR) is 110 cm³/mol. The van der Waals surface area contributed by atoms with E-state index in [0.29, 0.717) is 34.4 Å². The monoisotopic (exact) mass is 436 g/mol. The first-order chi connectivity index (χ1) is 13.4. The normalized spacial score (nSPS) is 17.3. The van der Waals surface area contributed by atoms with Crippen molar-refractivity contribution < 1.29 is 13.2 Å². The van der Waals surface area contributed by atoms with Crippen molar-refractivity contribution in [2.45, 2.75) is 17.5 Å². The third-order valence-electron chi connectivity index (χ3n) is 4.92. The highest BCUT2D eigenvalue weighted by atomic mass is 35.5. The molecule has 8 heteroatoms. The fraction of sp³-hybridized carbons (Fsp3) is 0.200. The highest BCUT2D eigenvalue weighted by Crippen LogP contribution is 2.40. The van der Waals surface area contributed by atoms with E-state index in [0.717, 1.165) is 5.69 Å².